The number of furan rings is 1. The third-order valence-electron chi connectivity index (χ3n) is 2.97. The topological polar surface area (TPSA) is 39.2 Å². The highest BCUT2D eigenvalue weighted by molar-refractivity contribution is 5.58. The fraction of sp³-hybridized carbons (Fsp3) is 0.231. The number of hydrogen-bond acceptors (Lipinski definition) is 2. The van der Waals surface area contributed by atoms with Crippen molar-refractivity contribution in [3.05, 3.63) is 48.0 Å². The minimum atomic E-state index is -0.261. The molecule has 2 N–H and O–H groups in total. The second kappa shape index (κ2) is 3.46. The molecular weight excluding hydrogens is 205 g/mol. The molecule has 1 aliphatic rings. The maximum absolute atomic E-state index is 13.5. The summed E-state index contributed by atoms with van der Waals surface area (Å²) >= 11 is 0. The third kappa shape index (κ3) is 1.53. The summed E-state index contributed by atoms with van der Waals surface area (Å²) in [6.07, 6.45) is 0.963. The monoisotopic (exact) mass is 217 g/mol. The van der Waals surface area contributed by atoms with Gasteiger partial charge in [0.2, 0.25) is 0 Å². The summed E-state index contributed by atoms with van der Waals surface area (Å²) in [7, 11) is 0. The first-order valence-corrected chi connectivity index (χ1v) is 5.36. The zero-order valence-corrected chi connectivity index (χ0v) is 8.69. The largest absolute Gasteiger partial charge is 0.461 e. The standard InChI is InChI=1S/C13H12FNO/c14-10-4-2-1-3-8(10)12-5-6-13(16-12)9-7-11(9)15/h1-6,9,11H,7,15H2/t9-,11-/m0/s1. The van der Waals surface area contributed by atoms with Crippen molar-refractivity contribution < 1.29 is 8.81 Å². The summed E-state index contributed by atoms with van der Waals surface area (Å²) in [5, 5.41) is 0. The number of hydrogen-bond donors (Lipinski definition) is 1. The van der Waals surface area contributed by atoms with Gasteiger partial charge in [-0.1, -0.05) is 12.1 Å². The van der Waals surface area contributed by atoms with E-state index < -0.39 is 0 Å². The fourth-order valence-corrected chi connectivity index (χ4v) is 1.90. The Morgan fingerprint density at radius 2 is 1.94 bits per heavy atom. The molecule has 0 spiro atoms. The van der Waals surface area contributed by atoms with Crippen LogP contribution in [0.5, 0.6) is 0 Å². The van der Waals surface area contributed by atoms with Gasteiger partial charge in [0.05, 0.1) is 5.56 Å². The van der Waals surface area contributed by atoms with Crippen LogP contribution in [0.1, 0.15) is 18.1 Å². The zero-order valence-electron chi connectivity index (χ0n) is 8.69. The molecule has 1 aromatic heterocycles. The second-order valence-corrected chi connectivity index (χ2v) is 4.19. The van der Waals surface area contributed by atoms with Crippen molar-refractivity contribution in [3.63, 3.8) is 0 Å². The Morgan fingerprint density at radius 1 is 1.19 bits per heavy atom. The SMILES string of the molecule is N[C@H]1C[C@@H]1c1ccc(-c2ccccc2F)o1. The van der Waals surface area contributed by atoms with E-state index in [4.69, 9.17) is 10.2 Å². The summed E-state index contributed by atoms with van der Waals surface area (Å²) in [6.45, 7) is 0. The van der Waals surface area contributed by atoms with Crippen molar-refractivity contribution in [1.82, 2.24) is 0 Å². The molecule has 2 nitrogen and oxygen atoms in total. The average Bonchev–Trinajstić information content (AvgIpc) is 2.82. The van der Waals surface area contributed by atoms with E-state index in [1.165, 1.54) is 6.07 Å². The van der Waals surface area contributed by atoms with Crippen molar-refractivity contribution >= 4 is 0 Å². The molecule has 0 radical (unpaired) electrons. The van der Waals surface area contributed by atoms with Crippen LogP contribution in [0.15, 0.2) is 40.8 Å². The lowest BCUT2D eigenvalue weighted by molar-refractivity contribution is 0.517. The molecule has 1 fully saturated rings. The molecule has 0 bridgehead atoms. The van der Waals surface area contributed by atoms with Crippen LogP contribution in [0.25, 0.3) is 11.3 Å². The molecule has 1 saturated carbocycles. The van der Waals surface area contributed by atoms with Crippen LogP contribution in [0, 0.1) is 5.82 Å². The first kappa shape index (κ1) is 9.60. The summed E-state index contributed by atoms with van der Waals surface area (Å²) in [6, 6.07) is 10.5. The van der Waals surface area contributed by atoms with Gasteiger partial charge in [-0.25, -0.2) is 4.39 Å². The van der Waals surface area contributed by atoms with Gasteiger partial charge in [-0.15, -0.1) is 0 Å². The van der Waals surface area contributed by atoms with E-state index in [0.29, 0.717) is 17.2 Å². The highest BCUT2D eigenvalue weighted by Crippen LogP contribution is 2.41. The Kier molecular flexibility index (Phi) is 2.07. The molecule has 2 aromatic rings. The molecule has 0 amide bonds. The third-order valence-corrected chi connectivity index (χ3v) is 2.97. The molecule has 1 aliphatic carbocycles. The summed E-state index contributed by atoms with van der Waals surface area (Å²) in [4.78, 5) is 0. The lowest BCUT2D eigenvalue weighted by Gasteiger charge is -1.98. The van der Waals surface area contributed by atoms with Gasteiger partial charge in [0, 0.05) is 12.0 Å². The van der Waals surface area contributed by atoms with Crippen molar-refractivity contribution in [2.75, 3.05) is 0 Å². The average molecular weight is 217 g/mol. The van der Waals surface area contributed by atoms with E-state index in [9.17, 15) is 4.39 Å². The normalized spacial score (nSPS) is 23.4. The van der Waals surface area contributed by atoms with Crippen LogP contribution in [-0.2, 0) is 0 Å². The summed E-state index contributed by atoms with van der Waals surface area (Å²) in [5.41, 5.74) is 6.25. The van der Waals surface area contributed by atoms with Crippen molar-refractivity contribution in [1.29, 1.82) is 0 Å². The Balaban J connectivity index is 1.95. The molecular formula is C13H12FNO. The predicted octanol–water partition coefficient (Wildman–Crippen LogP) is 2.90. The van der Waals surface area contributed by atoms with Crippen LogP contribution < -0.4 is 5.73 Å². The summed E-state index contributed by atoms with van der Waals surface area (Å²) in [5.74, 6) is 1.50. The van der Waals surface area contributed by atoms with E-state index in [1.807, 2.05) is 6.07 Å². The molecule has 3 rings (SSSR count). The minimum Gasteiger partial charge on any atom is -0.461 e. The fourth-order valence-electron chi connectivity index (χ4n) is 1.90. The molecule has 0 aliphatic heterocycles. The maximum Gasteiger partial charge on any atom is 0.137 e. The molecule has 0 unspecified atom stereocenters. The van der Waals surface area contributed by atoms with Crippen LogP contribution in [0.4, 0.5) is 4.39 Å². The first-order chi connectivity index (χ1) is 7.75. The molecule has 82 valence electrons. The van der Waals surface area contributed by atoms with Crippen molar-refractivity contribution in [3.8, 4) is 11.3 Å². The number of rotatable bonds is 2. The first-order valence-electron chi connectivity index (χ1n) is 5.36. The predicted molar refractivity (Wildman–Crippen MR) is 59.4 cm³/mol. The lowest BCUT2D eigenvalue weighted by atomic mass is 10.1. The van der Waals surface area contributed by atoms with Gasteiger partial charge in [0.1, 0.15) is 17.3 Å². The van der Waals surface area contributed by atoms with Crippen molar-refractivity contribution in [2.45, 2.75) is 18.4 Å². The van der Waals surface area contributed by atoms with Gasteiger partial charge >= 0.3 is 0 Å². The van der Waals surface area contributed by atoms with Gasteiger partial charge in [0.25, 0.3) is 0 Å². The van der Waals surface area contributed by atoms with E-state index >= 15 is 0 Å². The number of benzene rings is 1. The zero-order chi connectivity index (χ0) is 11.1. The molecule has 1 aromatic carbocycles. The Hall–Kier alpha value is -1.61. The van der Waals surface area contributed by atoms with Gasteiger partial charge in [0.15, 0.2) is 0 Å². The number of nitrogens with two attached hydrogens (primary N) is 1. The number of halogens is 1. The van der Waals surface area contributed by atoms with Gasteiger partial charge in [-0.05, 0) is 30.7 Å². The van der Waals surface area contributed by atoms with Gasteiger partial charge < -0.3 is 10.2 Å². The van der Waals surface area contributed by atoms with Gasteiger partial charge in [-0.3, -0.25) is 0 Å². The van der Waals surface area contributed by atoms with Gasteiger partial charge in [-0.2, -0.15) is 0 Å². The molecule has 2 atom stereocenters. The summed E-state index contributed by atoms with van der Waals surface area (Å²) < 4.78 is 19.1. The van der Waals surface area contributed by atoms with Crippen LogP contribution in [-0.4, -0.2) is 6.04 Å². The maximum atomic E-state index is 13.5. The van der Waals surface area contributed by atoms with E-state index in [2.05, 4.69) is 0 Å². The molecule has 16 heavy (non-hydrogen) atoms. The molecule has 0 saturated heterocycles. The van der Waals surface area contributed by atoms with E-state index in [-0.39, 0.29) is 11.9 Å². The quantitative estimate of drug-likeness (QED) is 0.840. The van der Waals surface area contributed by atoms with E-state index in [0.717, 1.165) is 12.2 Å². The smallest absolute Gasteiger partial charge is 0.137 e. The van der Waals surface area contributed by atoms with Crippen LogP contribution in [0.2, 0.25) is 0 Å². The van der Waals surface area contributed by atoms with Crippen molar-refractivity contribution in [2.24, 2.45) is 5.73 Å². The Bertz CT molecular complexity index is 520. The minimum absolute atomic E-state index is 0.208. The Labute approximate surface area is 92.9 Å². The van der Waals surface area contributed by atoms with E-state index in [1.54, 1.807) is 24.3 Å². The highest BCUT2D eigenvalue weighted by Gasteiger charge is 2.37. The highest BCUT2D eigenvalue weighted by atomic mass is 19.1. The molecule has 3 heteroatoms. The lowest BCUT2D eigenvalue weighted by Crippen LogP contribution is -2.00. The van der Waals surface area contributed by atoms with Crippen LogP contribution in [0.3, 0.4) is 0 Å². The van der Waals surface area contributed by atoms with Crippen LogP contribution >= 0.6 is 0 Å². The molecule has 1 heterocycles. The Morgan fingerprint density at radius 3 is 2.62 bits per heavy atom. The second-order valence-electron chi connectivity index (χ2n) is 4.19.